The van der Waals surface area contributed by atoms with Crippen LogP contribution < -0.4 is 5.32 Å². The number of aryl methyl sites for hydroxylation is 2. The van der Waals surface area contributed by atoms with Crippen molar-refractivity contribution in [3.63, 3.8) is 0 Å². The van der Waals surface area contributed by atoms with Crippen LogP contribution in [0.4, 0.5) is 13.2 Å². The Balaban J connectivity index is 2.10. The average molecular weight is 314 g/mol. The first-order chi connectivity index (χ1) is 10.3. The number of halogens is 3. The summed E-state index contributed by atoms with van der Waals surface area (Å²) in [7, 11) is 0. The quantitative estimate of drug-likeness (QED) is 0.936. The van der Waals surface area contributed by atoms with Crippen molar-refractivity contribution < 1.29 is 22.4 Å². The molecule has 0 bridgehead atoms. The molecule has 0 spiro atoms. The lowest BCUT2D eigenvalue weighted by molar-refractivity contribution is -0.145. The Morgan fingerprint density at radius 2 is 2.09 bits per heavy atom. The Hall–Kier alpha value is -2.45. The van der Waals surface area contributed by atoms with Gasteiger partial charge in [0.15, 0.2) is 5.89 Å². The first kappa shape index (κ1) is 15.9. The number of aromatic nitrogens is 3. The summed E-state index contributed by atoms with van der Waals surface area (Å²) in [5.74, 6) is -1.16. The molecule has 2 aromatic heterocycles. The second-order valence-corrected chi connectivity index (χ2v) is 4.47. The van der Waals surface area contributed by atoms with Crippen molar-refractivity contribution in [2.45, 2.75) is 33.0 Å². The monoisotopic (exact) mass is 314 g/mol. The maximum Gasteiger partial charge on any atom is 0.451 e. The molecule has 0 radical (unpaired) electrons. The van der Waals surface area contributed by atoms with Crippen molar-refractivity contribution in [3.05, 3.63) is 41.1 Å². The van der Waals surface area contributed by atoms with Gasteiger partial charge in [-0.1, -0.05) is 6.92 Å². The third-order valence-corrected chi connectivity index (χ3v) is 2.67. The first-order valence-electron chi connectivity index (χ1n) is 6.44. The molecule has 0 saturated heterocycles. The standard InChI is InChI=1S/C13H13F3N4O2/c1-3-10-17-5-8(22-10)6-18-11(21)9-4-7(2)19-12(20-9)13(14,15)16/h4-5H,3,6H2,1-2H3,(H,18,21). The van der Waals surface area contributed by atoms with E-state index in [2.05, 4.69) is 20.3 Å². The molecule has 9 heteroatoms. The maximum absolute atomic E-state index is 12.6. The smallest absolute Gasteiger partial charge is 0.444 e. The van der Waals surface area contributed by atoms with Gasteiger partial charge in [0.25, 0.3) is 5.91 Å². The van der Waals surface area contributed by atoms with Gasteiger partial charge in [-0.25, -0.2) is 15.0 Å². The van der Waals surface area contributed by atoms with Crippen molar-refractivity contribution in [2.75, 3.05) is 0 Å². The highest BCUT2D eigenvalue weighted by atomic mass is 19.4. The van der Waals surface area contributed by atoms with Crippen LogP contribution in [0.25, 0.3) is 0 Å². The molecule has 0 saturated carbocycles. The Kier molecular flexibility index (Phi) is 4.43. The zero-order chi connectivity index (χ0) is 16.3. The molecule has 2 aromatic rings. The lowest BCUT2D eigenvalue weighted by atomic mass is 10.3. The highest BCUT2D eigenvalue weighted by Crippen LogP contribution is 2.26. The van der Waals surface area contributed by atoms with Crippen molar-refractivity contribution in [1.82, 2.24) is 20.3 Å². The van der Waals surface area contributed by atoms with Gasteiger partial charge < -0.3 is 9.73 Å². The fourth-order valence-electron chi connectivity index (χ4n) is 1.66. The van der Waals surface area contributed by atoms with Gasteiger partial charge >= 0.3 is 6.18 Å². The van der Waals surface area contributed by atoms with Crippen molar-refractivity contribution in [2.24, 2.45) is 0 Å². The molecule has 0 unspecified atom stereocenters. The molecule has 2 heterocycles. The third kappa shape index (κ3) is 3.80. The number of carbonyl (C=O) groups excluding carboxylic acids is 1. The summed E-state index contributed by atoms with van der Waals surface area (Å²) in [6.07, 6.45) is -2.65. The van der Waals surface area contributed by atoms with Gasteiger partial charge in [-0.2, -0.15) is 13.2 Å². The lowest BCUT2D eigenvalue weighted by Crippen LogP contribution is -2.25. The van der Waals surface area contributed by atoms with Gasteiger partial charge in [0.2, 0.25) is 5.82 Å². The number of rotatable bonds is 4. The van der Waals surface area contributed by atoms with E-state index in [1.165, 1.54) is 19.2 Å². The maximum atomic E-state index is 12.6. The van der Waals surface area contributed by atoms with Crippen molar-refractivity contribution >= 4 is 5.91 Å². The van der Waals surface area contributed by atoms with Gasteiger partial charge in [0.05, 0.1) is 12.7 Å². The molecule has 2 rings (SSSR count). The largest absolute Gasteiger partial charge is 0.451 e. The van der Waals surface area contributed by atoms with Crippen LogP contribution in [0, 0.1) is 6.92 Å². The fourth-order valence-corrected chi connectivity index (χ4v) is 1.66. The summed E-state index contributed by atoms with van der Waals surface area (Å²) in [6, 6.07) is 1.18. The minimum Gasteiger partial charge on any atom is -0.444 e. The van der Waals surface area contributed by atoms with Crippen LogP contribution in [0.1, 0.15) is 40.6 Å². The third-order valence-electron chi connectivity index (χ3n) is 2.67. The van der Waals surface area contributed by atoms with Crippen LogP contribution >= 0.6 is 0 Å². The number of hydrogen-bond donors (Lipinski definition) is 1. The van der Waals surface area contributed by atoms with Crippen LogP contribution in [0.2, 0.25) is 0 Å². The second kappa shape index (κ2) is 6.12. The van der Waals surface area contributed by atoms with E-state index in [1.54, 1.807) is 0 Å². The molecule has 1 N–H and O–H groups in total. The lowest BCUT2D eigenvalue weighted by Gasteiger charge is -2.08. The van der Waals surface area contributed by atoms with E-state index < -0.39 is 17.9 Å². The van der Waals surface area contributed by atoms with Crippen LogP contribution in [0.15, 0.2) is 16.7 Å². The van der Waals surface area contributed by atoms with Gasteiger partial charge in [-0.15, -0.1) is 0 Å². The number of carbonyl (C=O) groups is 1. The summed E-state index contributed by atoms with van der Waals surface area (Å²) in [6.45, 7) is 3.23. The minimum absolute atomic E-state index is 0.0102. The zero-order valence-electron chi connectivity index (χ0n) is 11.9. The molecule has 22 heavy (non-hydrogen) atoms. The summed E-state index contributed by atoms with van der Waals surface area (Å²) >= 11 is 0. The Morgan fingerprint density at radius 3 is 2.68 bits per heavy atom. The summed E-state index contributed by atoms with van der Waals surface area (Å²) in [4.78, 5) is 22.4. The van der Waals surface area contributed by atoms with E-state index in [4.69, 9.17) is 4.42 Å². The summed E-state index contributed by atoms with van der Waals surface area (Å²) in [5.41, 5.74) is -0.296. The Labute approximate surface area is 123 Å². The molecule has 0 aliphatic rings. The predicted molar refractivity (Wildman–Crippen MR) is 68.8 cm³/mol. The normalized spacial score (nSPS) is 11.5. The van der Waals surface area contributed by atoms with Gasteiger partial charge in [0.1, 0.15) is 11.5 Å². The van der Waals surface area contributed by atoms with Crippen molar-refractivity contribution in [3.8, 4) is 0 Å². The van der Waals surface area contributed by atoms with E-state index in [1.807, 2.05) is 6.92 Å². The first-order valence-corrected chi connectivity index (χ1v) is 6.44. The zero-order valence-corrected chi connectivity index (χ0v) is 11.9. The van der Waals surface area contributed by atoms with Gasteiger partial charge in [-0.05, 0) is 13.0 Å². The summed E-state index contributed by atoms with van der Waals surface area (Å²) < 4.78 is 43.2. The number of nitrogens with zero attached hydrogens (tertiary/aromatic N) is 3. The predicted octanol–water partition coefficient (Wildman–Crippen LogP) is 2.28. The van der Waals surface area contributed by atoms with Crippen LogP contribution in [-0.4, -0.2) is 20.9 Å². The van der Waals surface area contributed by atoms with Gasteiger partial charge in [-0.3, -0.25) is 4.79 Å². The number of nitrogens with one attached hydrogen (secondary N) is 1. The average Bonchev–Trinajstić information content (AvgIpc) is 2.91. The molecule has 0 atom stereocenters. The van der Waals surface area contributed by atoms with E-state index in [0.29, 0.717) is 18.1 Å². The topological polar surface area (TPSA) is 80.9 Å². The second-order valence-electron chi connectivity index (χ2n) is 4.47. The number of amides is 1. The number of hydrogen-bond acceptors (Lipinski definition) is 5. The highest BCUT2D eigenvalue weighted by Gasteiger charge is 2.35. The van der Waals surface area contributed by atoms with E-state index in [9.17, 15) is 18.0 Å². The molecule has 6 nitrogen and oxygen atoms in total. The van der Waals surface area contributed by atoms with E-state index in [-0.39, 0.29) is 17.9 Å². The molecule has 0 fully saturated rings. The van der Waals surface area contributed by atoms with Crippen LogP contribution in [0.5, 0.6) is 0 Å². The Bertz CT molecular complexity index is 682. The molecule has 118 valence electrons. The van der Waals surface area contributed by atoms with E-state index in [0.717, 1.165) is 0 Å². The highest BCUT2D eigenvalue weighted by molar-refractivity contribution is 5.92. The molecule has 0 aromatic carbocycles. The fraction of sp³-hybridized carbons (Fsp3) is 0.385. The van der Waals surface area contributed by atoms with Gasteiger partial charge in [0, 0.05) is 12.1 Å². The summed E-state index contributed by atoms with van der Waals surface area (Å²) in [5, 5.41) is 2.43. The number of alkyl halides is 3. The molecule has 0 aliphatic carbocycles. The molecular weight excluding hydrogens is 301 g/mol. The van der Waals surface area contributed by atoms with Crippen LogP contribution in [-0.2, 0) is 19.1 Å². The molecular formula is C13H13F3N4O2. The molecule has 0 aliphatic heterocycles. The minimum atomic E-state index is -4.71. The van der Waals surface area contributed by atoms with Crippen LogP contribution in [0.3, 0.4) is 0 Å². The molecule has 1 amide bonds. The number of oxazole rings is 1. The Morgan fingerprint density at radius 1 is 1.36 bits per heavy atom. The van der Waals surface area contributed by atoms with Crippen molar-refractivity contribution in [1.29, 1.82) is 0 Å². The van der Waals surface area contributed by atoms with E-state index >= 15 is 0 Å². The SMILES string of the molecule is CCc1ncc(CNC(=O)c2cc(C)nc(C(F)(F)F)n2)o1.